The number of hydroxylamine groups is 1. The molecule has 3 N–H and O–H groups in total. The monoisotopic (exact) mass is 657 g/mol. The Labute approximate surface area is 309 Å². The van der Waals surface area contributed by atoms with Gasteiger partial charge < -0.3 is 14.9 Å². The third kappa shape index (κ3) is 7.53. The number of hydrogen-bond donors (Lipinski definition) is 3. The molecule has 238 valence electrons. The largest absolute Gasteiger partial charge is 1.00 e. The molecule has 6 rings (SSSR count). The average Bonchev–Trinajstić information content (AvgIpc) is 3.68. The number of ether oxygens (including phenoxy) is 1. The number of nitrogens with one attached hydrogen (secondary N) is 1. The van der Waals surface area contributed by atoms with E-state index in [1.54, 1.807) is 29.0 Å². The van der Waals surface area contributed by atoms with Gasteiger partial charge >= 0.3 is 51.4 Å². The van der Waals surface area contributed by atoms with E-state index in [1.807, 2.05) is 37.3 Å². The maximum Gasteiger partial charge on any atom is 1.00 e. The second-order valence-corrected chi connectivity index (χ2v) is 12.4. The first-order valence-electron chi connectivity index (χ1n) is 15.5. The number of aliphatic imine (C=N–C) groups is 1. The fourth-order valence-electron chi connectivity index (χ4n) is 6.26. The van der Waals surface area contributed by atoms with E-state index in [4.69, 9.17) is 9.57 Å². The van der Waals surface area contributed by atoms with E-state index in [2.05, 4.69) is 20.6 Å². The van der Waals surface area contributed by atoms with Crippen LogP contribution in [0.2, 0.25) is 0 Å². The third-order valence-electron chi connectivity index (χ3n) is 8.41. The molecule has 1 saturated carbocycles. The van der Waals surface area contributed by atoms with Gasteiger partial charge in [0.15, 0.2) is 5.84 Å². The second-order valence-electron chi connectivity index (χ2n) is 12.4. The quantitative estimate of drug-likeness (QED) is 0.216. The number of aliphatic hydroxyl groups is 2. The minimum atomic E-state index is -1.31. The molecule has 1 aliphatic carbocycles. The summed E-state index contributed by atoms with van der Waals surface area (Å²) in [6.07, 6.45) is 4.60. The van der Waals surface area contributed by atoms with Crippen LogP contribution in [0.1, 0.15) is 81.3 Å². The topological polar surface area (TPSA) is 136 Å². The number of benzene rings is 2. The van der Waals surface area contributed by atoms with Gasteiger partial charge in [0, 0.05) is 23.6 Å². The van der Waals surface area contributed by atoms with E-state index in [9.17, 15) is 15.0 Å². The van der Waals surface area contributed by atoms with Gasteiger partial charge in [-0.15, -0.1) is 0 Å². The summed E-state index contributed by atoms with van der Waals surface area (Å²) in [5, 5.41) is 24.2. The van der Waals surface area contributed by atoms with Crippen LogP contribution >= 0.6 is 0 Å². The molecule has 0 bridgehead atoms. The van der Waals surface area contributed by atoms with Gasteiger partial charge in [-0.2, -0.15) is 10.1 Å². The van der Waals surface area contributed by atoms with Crippen LogP contribution in [0.25, 0.3) is 16.9 Å². The van der Waals surface area contributed by atoms with Crippen LogP contribution in [0.4, 0.5) is 4.39 Å². The minimum Gasteiger partial charge on any atom is -0.388 e. The van der Waals surface area contributed by atoms with Crippen LogP contribution in [-0.4, -0.2) is 59.9 Å². The number of fused-ring (bicyclic) bond motifs is 1. The molecular weight excluding hydrogens is 618 g/mol. The summed E-state index contributed by atoms with van der Waals surface area (Å²) in [6, 6.07) is 12.2. The molecule has 4 aromatic rings. The Morgan fingerprint density at radius 3 is 2.52 bits per heavy atom. The van der Waals surface area contributed by atoms with Crippen molar-refractivity contribution < 1.29 is 75.6 Å². The molecule has 46 heavy (non-hydrogen) atoms. The zero-order valence-corrected chi connectivity index (χ0v) is 29.9. The van der Waals surface area contributed by atoms with Gasteiger partial charge in [0.25, 0.3) is 12.0 Å². The van der Waals surface area contributed by atoms with Crippen molar-refractivity contribution >= 4 is 11.6 Å². The molecule has 2 aromatic heterocycles. The van der Waals surface area contributed by atoms with E-state index in [0.29, 0.717) is 45.9 Å². The van der Waals surface area contributed by atoms with Crippen molar-refractivity contribution in [1.29, 1.82) is 0 Å². The summed E-state index contributed by atoms with van der Waals surface area (Å²) in [5.74, 6) is 0.417. The number of halogens is 1. The van der Waals surface area contributed by atoms with E-state index >= 15 is 4.39 Å². The molecule has 13 heteroatoms. The van der Waals surface area contributed by atoms with E-state index in [-0.39, 0.29) is 82.1 Å². The van der Waals surface area contributed by atoms with Crippen LogP contribution < -0.4 is 62.4 Å². The van der Waals surface area contributed by atoms with Crippen LogP contribution in [0, 0.1) is 5.82 Å². The van der Waals surface area contributed by atoms with E-state index in [0.717, 1.165) is 37.8 Å². The summed E-state index contributed by atoms with van der Waals surface area (Å²) < 4.78 is 25.3. The Kier molecular flexibility index (Phi) is 11.3. The number of aromatic nitrogens is 4. The van der Waals surface area contributed by atoms with Gasteiger partial charge in [-0.3, -0.25) is 9.36 Å². The third-order valence-corrected chi connectivity index (χ3v) is 8.41. The number of nitrogens with zero attached hydrogens (tertiary/aromatic N) is 5. The Morgan fingerprint density at radius 2 is 1.87 bits per heavy atom. The SMILES string of the molecule is CCCc1c(Cc2ccc(-c3ccccc3C3=NC(O)ON3)cc2F)c(=O)n(C2CCC(OCC(C)(C)O)CC2)c2ncnn12.[K+]. The van der Waals surface area contributed by atoms with Gasteiger partial charge in [-0.05, 0) is 68.7 Å². The summed E-state index contributed by atoms with van der Waals surface area (Å²) in [5.41, 5.74) is 5.19. The Hall–Kier alpha value is -2.33. The van der Waals surface area contributed by atoms with Crippen molar-refractivity contribution in [2.45, 2.75) is 89.9 Å². The molecule has 3 heterocycles. The molecule has 1 atom stereocenters. The van der Waals surface area contributed by atoms with E-state index in [1.165, 1.54) is 12.4 Å². The number of amidine groups is 1. The number of aryl methyl sites for hydroxylation is 1. The molecule has 0 radical (unpaired) electrons. The van der Waals surface area contributed by atoms with Gasteiger partial charge in [0.2, 0.25) is 5.78 Å². The zero-order chi connectivity index (χ0) is 31.7. The van der Waals surface area contributed by atoms with Crippen molar-refractivity contribution in [3.63, 3.8) is 0 Å². The molecule has 1 unspecified atom stereocenters. The molecule has 2 aromatic carbocycles. The van der Waals surface area contributed by atoms with Crippen molar-refractivity contribution in [1.82, 2.24) is 24.6 Å². The smallest absolute Gasteiger partial charge is 0.388 e. The van der Waals surface area contributed by atoms with Crippen molar-refractivity contribution in [3.05, 3.63) is 87.3 Å². The minimum absolute atomic E-state index is 0. The first kappa shape index (κ1) is 35.0. The summed E-state index contributed by atoms with van der Waals surface area (Å²) >= 11 is 0. The zero-order valence-electron chi connectivity index (χ0n) is 26.7. The molecule has 11 nitrogen and oxygen atoms in total. The Bertz CT molecular complexity index is 1780. The molecule has 0 spiro atoms. The van der Waals surface area contributed by atoms with Crippen LogP contribution in [-0.2, 0) is 22.4 Å². The average molecular weight is 658 g/mol. The van der Waals surface area contributed by atoms with Crippen LogP contribution in [0.15, 0.2) is 58.6 Å². The van der Waals surface area contributed by atoms with E-state index < -0.39 is 17.8 Å². The van der Waals surface area contributed by atoms with Gasteiger partial charge in [0.05, 0.1) is 24.0 Å². The summed E-state index contributed by atoms with van der Waals surface area (Å²) in [6.45, 7) is 5.73. The Morgan fingerprint density at radius 1 is 1.13 bits per heavy atom. The maximum absolute atomic E-state index is 15.9. The van der Waals surface area contributed by atoms with Crippen LogP contribution in [0.3, 0.4) is 0 Å². The van der Waals surface area contributed by atoms with Crippen molar-refractivity contribution in [2.24, 2.45) is 4.99 Å². The molecule has 2 aliphatic rings. The number of rotatable bonds is 10. The van der Waals surface area contributed by atoms with Crippen molar-refractivity contribution in [2.75, 3.05) is 6.61 Å². The van der Waals surface area contributed by atoms with Crippen molar-refractivity contribution in [3.8, 4) is 11.1 Å². The van der Waals surface area contributed by atoms with Gasteiger partial charge in [0.1, 0.15) is 12.1 Å². The first-order chi connectivity index (χ1) is 21.6. The predicted molar refractivity (Wildman–Crippen MR) is 166 cm³/mol. The molecule has 0 amide bonds. The molecule has 1 aliphatic heterocycles. The number of aliphatic hydroxyl groups excluding tert-OH is 1. The fourth-order valence-corrected chi connectivity index (χ4v) is 6.26. The van der Waals surface area contributed by atoms with Gasteiger partial charge in [-0.25, -0.2) is 24.2 Å². The maximum atomic E-state index is 15.9. The standard InChI is InChI=1S/C33H39FN6O5.K/c1-4-7-28-26(16-21-11-10-20(17-27(21)34)24-8-5-6-9-25(24)29-37-32(42)45-38-29)30(41)39(31-35-19-36-40(28)31)22-12-14-23(15-13-22)44-18-33(2,3)43;/h5-6,8-11,17,19,22-23,32,42-43H,4,7,12-16,18H2,1-3H3,(H,37,38);/q;+1. The first-order valence-corrected chi connectivity index (χ1v) is 15.5. The van der Waals surface area contributed by atoms with Crippen LogP contribution in [0.5, 0.6) is 0 Å². The molecular formula is C33H39FKN6O5+. The predicted octanol–water partition coefficient (Wildman–Crippen LogP) is 1.07. The van der Waals surface area contributed by atoms with Gasteiger partial charge in [-0.1, -0.05) is 49.7 Å². The normalized spacial score (nSPS) is 20.0. The number of hydrogen-bond acceptors (Lipinski definition) is 9. The molecule has 1 fully saturated rings. The fraction of sp³-hybridized carbons (Fsp3) is 0.455. The molecule has 0 saturated heterocycles. The summed E-state index contributed by atoms with van der Waals surface area (Å²) in [4.78, 5) is 27.7. The summed E-state index contributed by atoms with van der Waals surface area (Å²) in [7, 11) is 0. The second kappa shape index (κ2) is 14.8. The Balaban J connectivity index is 0.00000417.